The number of hydrogen-bond donors (Lipinski definition) is 1. The van der Waals surface area contributed by atoms with Crippen LogP contribution in [0.1, 0.15) is 25.5 Å². The molecule has 3 nitrogen and oxygen atoms in total. The minimum Gasteiger partial charge on any atom is -0.373 e. The maximum atomic E-state index is 13.7. The first-order chi connectivity index (χ1) is 8.93. The van der Waals surface area contributed by atoms with Crippen LogP contribution in [0, 0.1) is 5.82 Å². The lowest BCUT2D eigenvalue weighted by Crippen LogP contribution is -2.50. The lowest BCUT2D eigenvalue weighted by atomic mass is 10.0. The van der Waals surface area contributed by atoms with Gasteiger partial charge in [0.25, 0.3) is 0 Å². The van der Waals surface area contributed by atoms with Crippen LogP contribution in [0.25, 0.3) is 0 Å². The standard InChI is InChI=1S/C14H20BrFN2O/c1-14(2)9-18(5-6-19-14)13(8-17)10-3-4-11(15)12(16)7-10/h3-4,7,13H,5-6,8-9,17H2,1-2H3. The molecule has 0 aromatic heterocycles. The highest BCUT2D eigenvalue weighted by Crippen LogP contribution is 2.28. The van der Waals surface area contributed by atoms with Gasteiger partial charge in [-0.2, -0.15) is 0 Å². The van der Waals surface area contributed by atoms with Gasteiger partial charge in [0.1, 0.15) is 5.82 Å². The van der Waals surface area contributed by atoms with Crippen molar-refractivity contribution in [3.05, 3.63) is 34.1 Å². The van der Waals surface area contributed by atoms with Crippen molar-refractivity contribution in [1.82, 2.24) is 4.90 Å². The predicted octanol–water partition coefficient (Wildman–Crippen LogP) is 2.70. The molecule has 1 aliphatic heterocycles. The summed E-state index contributed by atoms with van der Waals surface area (Å²) in [6.07, 6.45) is 0. The fraction of sp³-hybridized carbons (Fsp3) is 0.571. The van der Waals surface area contributed by atoms with Crippen LogP contribution in [0.2, 0.25) is 0 Å². The molecule has 1 saturated heterocycles. The van der Waals surface area contributed by atoms with Gasteiger partial charge in [0.2, 0.25) is 0 Å². The predicted molar refractivity (Wildman–Crippen MR) is 77.5 cm³/mol. The summed E-state index contributed by atoms with van der Waals surface area (Å²) in [6, 6.07) is 5.25. The van der Waals surface area contributed by atoms with Crippen LogP contribution >= 0.6 is 15.9 Å². The molecule has 0 aliphatic carbocycles. The average Bonchev–Trinajstić information content (AvgIpc) is 2.33. The number of rotatable bonds is 3. The number of halogens is 2. The van der Waals surface area contributed by atoms with Crippen LogP contribution in [0.3, 0.4) is 0 Å². The van der Waals surface area contributed by atoms with Gasteiger partial charge in [-0.15, -0.1) is 0 Å². The van der Waals surface area contributed by atoms with Crippen molar-refractivity contribution in [3.8, 4) is 0 Å². The molecular weight excluding hydrogens is 311 g/mol. The van der Waals surface area contributed by atoms with Crippen LogP contribution < -0.4 is 5.73 Å². The Morgan fingerprint density at radius 2 is 2.26 bits per heavy atom. The maximum absolute atomic E-state index is 13.7. The van der Waals surface area contributed by atoms with E-state index >= 15 is 0 Å². The lowest BCUT2D eigenvalue weighted by molar-refractivity contribution is -0.0967. The first-order valence-corrected chi connectivity index (χ1v) is 7.25. The molecule has 0 bridgehead atoms. The van der Waals surface area contributed by atoms with Gasteiger partial charge in [-0.25, -0.2) is 4.39 Å². The van der Waals surface area contributed by atoms with Crippen molar-refractivity contribution >= 4 is 15.9 Å². The molecule has 1 aromatic carbocycles. The second-order valence-electron chi connectivity index (χ2n) is 5.50. The third-order valence-corrected chi connectivity index (χ3v) is 4.09. The van der Waals surface area contributed by atoms with Gasteiger partial charge in [-0.1, -0.05) is 6.07 Å². The monoisotopic (exact) mass is 330 g/mol. The molecule has 1 fully saturated rings. The summed E-state index contributed by atoms with van der Waals surface area (Å²) in [5.74, 6) is -0.247. The van der Waals surface area contributed by atoms with Crippen LogP contribution in [-0.2, 0) is 4.74 Å². The Bertz CT molecular complexity index is 453. The van der Waals surface area contributed by atoms with E-state index in [9.17, 15) is 4.39 Å². The molecule has 0 saturated carbocycles. The fourth-order valence-corrected chi connectivity index (χ4v) is 2.78. The number of nitrogens with zero attached hydrogens (tertiary/aromatic N) is 1. The summed E-state index contributed by atoms with van der Waals surface area (Å²) in [6.45, 7) is 6.90. The highest BCUT2D eigenvalue weighted by Gasteiger charge is 2.31. The van der Waals surface area contributed by atoms with Crippen molar-refractivity contribution in [1.29, 1.82) is 0 Å². The number of ether oxygens (including phenoxy) is 1. The van der Waals surface area contributed by atoms with Gasteiger partial charge < -0.3 is 10.5 Å². The SMILES string of the molecule is CC1(C)CN(C(CN)c2ccc(Br)c(F)c2)CCO1. The molecule has 1 aliphatic rings. The molecule has 1 heterocycles. The molecule has 2 N–H and O–H groups in total. The zero-order valence-corrected chi connectivity index (χ0v) is 12.9. The average molecular weight is 331 g/mol. The smallest absolute Gasteiger partial charge is 0.137 e. The first kappa shape index (κ1) is 14.9. The van der Waals surface area contributed by atoms with E-state index in [4.69, 9.17) is 10.5 Å². The van der Waals surface area contributed by atoms with Crippen molar-refractivity contribution in [2.45, 2.75) is 25.5 Å². The largest absolute Gasteiger partial charge is 0.373 e. The van der Waals surface area contributed by atoms with E-state index in [1.54, 1.807) is 12.1 Å². The highest BCUT2D eigenvalue weighted by atomic mass is 79.9. The topological polar surface area (TPSA) is 38.5 Å². The van der Waals surface area contributed by atoms with Gasteiger partial charge >= 0.3 is 0 Å². The van der Waals surface area contributed by atoms with Crippen molar-refractivity contribution < 1.29 is 9.13 Å². The van der Waals surface area contributed by atoms with Gasteiger partial charge in [0.15, 0.2) is 0 Å². The fourth-order valence-electron chi connectivity index (χ4n) is 2.53. The van der Waals surface area contributed by atoms with Crippen LogP contribution in [0.4, 0.5) is 4.39 Å². The summed E-state index contributed by atoms with van der Waals surface area (Å²) >= 11 is 3.17. The van der Waals surface area contributed by atoms with E-state index in [0.29, 0.717) is 17.6 Å². The zero-order valence-electron chi connectivity index (χ0n) is 11.3. The summed E-state index contributed by atoms with van der Waals surface area (Å²) in [7, 11) is 0. The quantitative estimate of drug-likeness (QED) is 0.926. The Balaban J connectivity index is 2.21. The van der Waals surface area contributed by atoms with E-state index in [0.717, 1.165) is 18.7 Å². The van der Waals surface area contributed by atoms with Gasteiger partial charge in [0.05, 0.1) is 16.7 Å². The van der Waals surface area contributed by atoms with E-state index < -0.39 is 0 Å². The van der Waals surface area contributed by atoms with E-state index in [1.165, 1.54) is 0 Å². The molecule has 0 radical (unpaired) electrons. The van der Waals surface area contributed by atoms with E-state index in [2.05, 4.69) is 34.7 Å². The zero-order chi connectivity index (χ0) is 14.0. The van der Waals surface area contributed by atoms with Crippen molar-refractivity contribution in [2.75, 3.05) is 26.2 Å². The summed E-state index contributed by atoms with van der Waals surface area (Å²) in [4.78, 5) is 2.27. The number of nitrogens with two attached hydrogens (primary N) is 1. The minimum atomic E-state index is -0.247. The molecule has 0 spiro atoms. The lowest BCUT2D eigenvalue weighted by Gasteiger charge is -2.42. The molecule has 19 heavy (non-hydrogen) atoms. The Kier molecular flexibility index (Phi) is 4.61. The van der Waals surface area contributed by atoms with Crippen LogP contribution in [0.5, 0.6) is 0 Å². The van der Waals surface area contributed by atoms with Gasteiger partial charge in [-0.3, -0.25) is 4.90 Å². The van der Waals surface area contributed by atoms with Crippen LogP contribution in [0.15, 0.2) is 22.7 Å². The molecule has 106 valence electrons. The Morgan fingerprint density at radius 3 is 2.84 bits per heavy atom. The number of hydrogen-bond acceptors (Lipinski definition) is 3. The minimum absolute atomic E-state index is 0.0331. The maximum Gasteiger partial charge on any atom is 0.137 e. The van der Waals surface area contributed by atoms with E-state index in [-0.39, 0.29) is 17.5 Å². The molecule has 0 amide bonds. The first-order valence-electron chi connectivity index (χ1n) is 6.46. The molecule has 2 rings (SSSR count). The molecular formula is C14H20BrFN2O. The Labute approximate surface area is 122 Å². The second-order valence-corrected chi connectivity index (χ2v) is 6.36. The Hall–Kier alpha value is -0.490. The Morgan fingerprint density at radius 1 is 1.53 bits per heavy atom. The van der Waals surface area contributed by atoms with Gasteiger partial charge in [-0.05, 0) is 47.5 Å². The second kappa shape index (κ2) is 5.87. The van der Waals surface area contributed by atoms with E-state index in [1.807, 2.05) is 6.07 Å². The number of benzene rings is 1. The molecule has 1 aromatic rings. The molecule has 1 unspecified atom stereocenters. The third kappa shape index (κ3) is 3.54. The van der Waals surface area contributed by atoms with Crippen molar-refractivity contribution in [3.63, 3.8) is 0 Å². The summed E-state index contributed by atoms with van der Waals surface area (Å²) in [5, 5.41) is 0. The number of morpholine rings is 1. The normalized spacial score (nSPS) is 21.3. The third-order valence-electron chi connectivity index (χ3n) is 3.45. The van der Waals surface area contributed by atoms with Gasteiger partial charge in [0, 0.05) is 25.7 Å². The highest BCUT2D eigenvalue weighted by molar-refractivity contribution is 9.10. The van der Waals surface area contributed by atoms with Crippen molar-refractivity contribution in [2.24, 2.45) is 5.73 Å². The summed E-state index contributed by atoms with van der Waals surface area (Å²) < 4.78 is 19.8. The molecule has 1 atom stereocenters. The molecule has 5 heteroatoms. The van der Waals surface area contributed by atoms with Crippen LogP contribution in [-0.4, -0.2) is 36.7 Å². The summed E-state index contributed by atoms with van der Waals surface area (Å²) in [5.41, 5.74) is 6.63.